The summed E-state index contributed by atoms with van der Waals surface area (Å²) >= 11 is 4.81. The maximum atomic E-state index is 10.6. The van der Waals surface area contributed by atoms with E-state index in [1.54, 1.807) is 0 Å². The third-order valence-electron chi connectivity index (χ3n) is 1.35. The molecule has 0 fully saturated rings. The van der Waals surface area contributed by atoms with E-state index in [1.807, 2.05) is 0 Å². The number of unbranched alkanes of at least 4 members (excludes halogenated alkanes) is 1. The summed E-state index contributed by atoms with van der Waals surface area (Å²) in [6.07, 6.45) is 2.26. The molecule has 11 heavy (non-hydrogen) atoms. The van der Waals surface area contributed by atoms with E-state index in [1.165, 1.54) is 0 Å². The third-order valence-corrected chi connectivity index (χ3v) is 1.50. The molecule has 0 saturated carbocycles. The summed E-state index contributed by atoms with van der Waals surface area (Å²) in [4.78, 5) is 10.6. The second-order valence-electron chi connectivity index (χ2n) is 2.29. The van der Waals surface area contributed by atoms with Crippen LogP contribution in [0.1, 0.15) is 19.3 Å². The van der Waals surface area contributed by atoms with Crippen molar-refractivity contribution in [2.45, 2.75) is 25.3 Å². The molecule has 0 amide bonds. The van der Waals surface area contributed by atoms with Crippen LogP contribution in [0.25, 0.3) is 0 Å². The Morgan fingerprint density at radius 2 is 2.18 bits per heavy atom. The summed E-state index contributed by atoms with van der Waals surface area (Å²) in [7, 11) is 0. The first-order valence-electron chi connectivity index (χ1n) is 3.50. The van der Waals surface area contributed by atoms with Gasteiger partial charge in [0, 0.05) is 0 Å². The van der Waals surface area contributed by atoms with E-state index in [0.717, 1.165) is 12.8 Å². The summed E-state index contributed by atoms with van der Waals surface area (Å²) in [6, 6.07) is -0.612. The average molecular weight is 181 g/mol. The molecule has 0 bridgehead atoms. The van der Waals surface area contributed by atoms with E-state index in [2.05, 4.69) is 4.29 Å². The predicted molar refractivity (Wildman–Crippen MR) is 42.8 cm³/mol. The van der Waals surface area contributed by atoms with Gasteiger partial charge in [0.15, 0.2) is 0 Å². The van der Waals surface area contributed by atoms with Crippen molar-refractivity contribution in [3.05, 3.63) is 0 Å². The van der Waals surface area contributed by atoms with E-state index in [9.17, 15) is 4.79 Å². The molecular formula is C6H13ClN2O2. The Hall–Kier alpha value is -0.320. The zero-order valence-corrected chi connectivity index (χ0v) is 7.01. The van der Waals surface area contributed by atoms with Crippen LogP contribution in [0.15, 0.2) is 0 Å². The van der Waals surface area contributed by atoms with Crippen LogP contribution >= 0.6 is 11.9 Å². The van der Waals surface area contributed by atoms with Crippen LogP contribution in [-0.2, 0) is 9.08 Å². The van der Waals surface area contributed by atoms with Crippen molar-refractivity contribution < 1.29 is 9.08 Å². The van der Waals surface area contributed by atoms with Crippen molar-refractivity contribution in [1.82, 2.24) is 0 Å². The number of carbonyl (C=O) groups excluding carboxylic acids is 1. The Morgan fingerprint density at radius 1 is 1.55 bits per heavy atom. The smallest absolute Gasteiger partial charge is 0.341 e. The lowest BCUT2D eigenvalue weighted by Gasteiger charge is -2.05. The average Bonchev–Trinajstić information content (AvgIpc) is 2.03. The van der Waals surface area contributed by atoms with Gasteiger partial charge in [0.2, 0.25) is 0 Å². The summed E-state index contributed by atoms with van der Waals surface area (Å²) in [6.45, 7) is 0.614. The minimum atomic E-state index is -0.612. The monoisotopic (exact) mass is 180 g/mol. The highest BCUT2D eigenvalue weighted by atomic mass is 35.5. The summed E-state index contributed by atoms with van der Waals surface area (Å²) in [5.74, 6) is -0.580. The maximum absolute atomic E-state index is 10.6. The minimum Gasteiger partial charge on any atom is -0.346 e. The normalized spacial score (nSPS) is 12.6. The largest absolute Gasteiger partial charge is 0.346 e. The van der Waals surface area contributed by atoms with Gasteiger partial charge in [0.25, 0.3) is 0 Å². The van der Waals surface area contributed by atoms with E-state index >= 15 is 0 Å². The Kier molecular flexibility index (Phi) is 6.21. The molecular weight excluding hydrogens is 168 g/mol. The Morgan fingerprint density at radius 3 is 2.64 bits per heavy atom. The van der Waals surface area contributed by atoms with E-state index in [0.29, 0.717) is 13.0 Å². The van der Waals surface area contributed by atoms with Crippen molar-refractivity contribution in [2.24, 2.45) is 11.5 Å². The maximum Gasteiger partial charge on any atom is 0.341 e. The van der Waals surface area contributed by atoms with E-state index in [4.69, 9.17) is 23.3 Å². The highest BCUT2D eigenvalue weighted by Crippen LogP contribution is 2.00. The third kappa shape index (κ3) is 5.01. The summed E-state index contributed by atoms with van der Waals surface area (Å²) < 4.78 is 3.92. The van der Waals surface area contributed by atoms with Gasteiger partial charge in [-0.1, -0.05) is 6.42 Å². The topological polar surface area (TPSA) is 78.3 Å². The first-order valence-corrected chi connectivity index (χ1v) is 3.81. The fourth-order valence-corrected chi connectivity index (χ4v) is 0.798. The standard InChI is InChI=1S/C6H13ClN2O2/c7-11-6(10)5(9)3-1-2-4-8/h5H,1-4,8-9H2. The van der Waals surface area contributed by atoms with Gasteiger partial charge < -0.3 is 15.8 Å². The number of carbonyl (C=O) groups is 1. The number of halogens is 1. The minimum absolute atomic E-state index is 0.572. The van der Waals surface area contributed by atoms with Gasteiger partial charge in [0.05, 0.1) is 0 Å². The fourth-order valence-electron chi connectivity index (χ4n) is 0.684. The van der Waals surface area contributed by atoms with Crippen molar-refractivity contribution in [1.29, 1.82) is 0 Å². The lowest BCUT2D eigenvalue weighted by Crippen LogP contribution is -2.30. The highest BCUT2D eigenvalue weighted by molar-refractivity contribution is 6.13. The number of nitrogens with two attached hydrogens (primary N) is 2. The van der Waals surface area contributed by atoms with Gasteiger partial charge >= 0.3 is 5.97 Å². The lowest BCUT2D eigenvalue weighted by atomic mass is 10.1. The SMILES string of the molecule is NCCCCC(N)C(=O)OCl. The van der Waals surface area contributed by atoms with Crippen molar-refractivity contribution in [2.75, 3.05) is 6.54 Å². The van der Waals surface area contributed by atoms with Crippen molar-refractivity contribution >= 4 is 17.8 Å². The zero-order chi connectivity index (χ0) is 8.69. The molecule has 0 heterocycles. The predicted octanol–water partition coefficient (Wildman–Crippen LogP) is 0.140. The van der Waals surface area contributed by atoms with Crippen LogP contribution in [0.4, 0.5) is 0 Å². The van der Waals surface area contributed by atoms with Gasteiger partial charge in [-0.3, -0.25) is 0 Å². The van der Waals surface area contributed by atoms with Crippen LogP contribution in [0, 0.1) is 0 Å². The molecule has 0 aromatic heterocycles. The first kappa shape index (κ1) is 10.7. The number of hydrogen-bond acceptors (Lipinski definition) is 4. The van der Waals surface area contributed by atoms with E-state index in [-0.39, 0.29) is 0 Å². The molecule has 4 N–H and O–H groups in total. The molecule has 5 heteroatoms. The van der Waals surface area contributed by atoms with Crippen LogP contribution in [-0.4, -0.2) is 18.6 Å². The van der Waals surface area contributed by atoms with Gasteiger partial charge in [0.1, 0.15) is 17.9 Å². The lowest BCUT2D eigenvalue weighted by molar-refractivity contribution is -0.135. The molecule has 0 spiro atoms. The van der Waals surface area contributed by atoms with E-state index < -0.39 is 12.0 Å². The zero-order valence-electron chi connectivity index (χ0n) is 6.25. The number of rotatable bonds is 5. The highest BCUT2D eigenvalue weighted by Gasteiger charge is 2.13. The molecule has 1 atom stereocenters. The van der Waals surface area contributed by atoms with Crippen LogP contribution in [0.2, 0.25) is 0 Å². The van der Waals surface area contributed by atoms with Gasteiger partial charge in [-0.15, -0.1) is 0 Å². The molecule has 4 nitrogen and oxygen atoms in total. The van der Waals surface area contributed by atoms with Crippen molar-refractivity contribution in [3.63, 3.8) is 0 Å². The van der Waals surface area contributed by atoms with Crippen LogP contribution < -0.4 is 11.5 Å². The molecule has 0 aliphatic carbocycles. The van der Waals surface area contributed by atoms with Crippen molar-refractivity contribution in [3.8, 4) is 0 Å². The first-order chi connectivity index (χ1) is 5.22. The molecule has 66 valence electrons. The molecule has 0 rings (SSSR count). The molecule has 0 saturated heterocycles. The van der Waals surface area contributed by atoms with Gasteiger partial charge in [-0.05, 0) is 19.4 Å². The van der Waals surface area contributed by atoms with Crippen LogP contribution in [0.5, 0.6) is 0 Å². The quantitative estimate of drug-likeness (QED) is 0.590. The van der Waals surface area contributed by atoms with Gasteiger partial charge in [-0.2, -0.15) is 0 Å². The molecule has 0 aliphatic rings. The Bertz CT molecular complexity index is 121. The second kappa shape index (κ2) is 6.39. The second-order valence-corrected chi connectivity index (χ2v) is 2.44. The van der Waals surface area contributed by atoms with Gasteiger partial charge in [-0.25, -0.2) is 4.79 Å². The van der Waals surface area contributed by atoms with Crippen LogP contribution in [0.3, 0.4) is 0 Å². The number of hydrogen-bond donors (Lipinski definition) is 2. The Labute approximate surface area is 71.0 Å². The molecule has 0 aromatic carbocycles. The molecule has 0 aliphatic heterocycles. The fraction of sp³-hybridized carbons (Fsp3) is 0.833. The molecule has 0 aromatic rings. The Balaban J connectivity index is 3.36. The molecule has 1 unspecified atom stereocenters. The summed E-state index contributed by atoms with van der Waals surface area (Å²) in [5, 5.41) is 0. The molecule has 0 radical (unpaired) electrons. The summed E-state index contributed by atoms with van der Waals surface area (Å²) in [5.41, 5.74) is 10.6.